The zero-order valence-electron chi connectivity index (χ0n) is 16.2. The van der Waals surface area contributed by atoms with Gasteiger partial charge in [0.05, 0.1) is 11.5 Å². The molecule has 0 spiro atoms. The summed E-state index contributed by atoms with van der Waals surface area (Å²) in [6.07, 6.45) is 2.43. The molecule has 2 aromatic rings. The van der Waals surface area contributed by atoms with Crippen molar-refractivity contribution in [2.75, 3.05) is 6.61 Å². The van der Waals surface area contributed by atoms with Crippen molar-refractivity contribution in [2.45, 2.75) is 64.9 Å². The first-order chi connectivity index (χ1) is 12.2. The smallest absolute Gasteiger partial charge is 0.241 e. The summed E-state index contributed by atoms with van der Waals surface area (Å²) in [5.74, 6) is 0.733. The SMILES string of the molecule is CCOc1cc(C)c(S(=O)(=O)NCc2cc(C)n(C3CC3)c2C)cc1C. The Morgan fingerprint density at radius 2 is 1.81 bits per heavy atom. The molecule has 1 fully saturated rings. The molecule has 5 nitrogen and oxygen atoms in total. The van der Waals surface area contributed by atoms with Gasteiger partial charge >= 0.3 is 0 Å². The van der Waals surface area contributed by atoms with Gasteiger partial charge in [0.2, 0.25) is 10.0 Å². The van der Waals surface area contributed by atoms with Crippen molar-refractivity contribution in [3.05, 3.63) is 46.3 Å². The molecule has 0 unspecified atom stereocenters. The number of nitrogens with zero attached hydrogens (tertiary/aromatic N) is 1. The first-order valence-electron chi connectivity index (χ1n) is 9.15. The highest BCUT2D eigenvalue weighted by Crippen LogP contribution is 2.38. The fourth-order valence-electron chi connectivity index (χ4n) is 3.53. The molecule has 1 aromatic carbocycles. The van der Waals surface area contributed by atoms with Crippen LogP contribution in [-0.2, 0) is 16.6 Å². The molecule has 142 valence electrons. The van der Waals surface area contributed by atoms with Crippen molar-refractivity contribution >= 4 is 10.0 Å². The number of rotatable bonds is 7. The second kappa shape index (κ2) is 7.08. The van der Waals surface area contributed by atoms with E-state index in [1.807, 2.05) is 13.8 Å². The Morgan fingerprint density at radius 3 is 2.42 bits per heavy atom. The molecule has 1 aliphatic carbocycles. The number of benzene rings is 1. The highest BCUT2D eigenvalue weighted by Gasteiger charge is 2.27. The van der Waals surface area contributed by atoms with E-state index in [4.69, 9.17) is 4.74 Å². The molecule has 0 bridgehead atoms. The van der Waals surface area contributed by atoms with Gasteiger partial charge in [-0.3, -0.25) is 0 Å². The summed E-state index contributed by atoms with van der Waals surface area (Å²) in [7, 11) is -3.58. The van der Waals surface area contributed by atoms with Crippen molar-refractivity contribution in [3.8, 4) is 5.75 Å². The predicted octanol–water partition coefficient (Wildman–Crippen LogP) is 3.93. The fraction of sp³-hybridized carbons (Fsp3) is 0.500. The number of hydrogen-bond donors (Lipinski definition) is 1. The summed E-state index contributed by atoms with van der Waals surface area (Å²) in [4.78, 5) is 0.314. The minimum atomic E-state index is -3.58. The lowest BCUT2D eigenvalue weighted by Crippen LogP contribution is -2.24. The Kier molecular flexibility index (Phi) is 5.17. The van der Waals surface area contributed by atoms with E-state index in [1.54, 1.807) is 19.1 Å². The predicted molar refractivity (Wildman–Crippen MR) is 103 cm³/mol. The van der Waals surface area contributed by atoms with E-state index in [-0.39, 0.29) is 0 Å². The molecule has 0 atom stereocenters. The van der Waals surface area contributed by atoms with Gasteiger partial charge < -0.3 is 9.30 Å². The van der Waals surface area contributed by atoms with Gasteiger partial charge in [0.25, 0.3) is 0 Å². The fourth-order valence-corrected chi connectivity index (χ4v) is 4.85. The van der Waals surface area contributed by atoms with Crippen molar-refractivity contribution in [1.82, 2.24) is 9.29 Å². The van der Waals surface area contributed by atoms with E-state index in [0.717, 1.165) is 22.6 Å². The quantitative estimate of drug-likeness (QED) is 0.796. The Labute approximate surface area is 156 Å². The number of hydrogen-bond acceptors (Lipinski definition) is 3. The van der Waals surface area contributed by atoms with Crippen molar-refractivity contribution in [2.24, 2.45) is 0 Å². The lowest BCUT2D eigenvalue weighted by Gasteiger charge is -2.14. The van der Waals surface area contributed by atoms with Crippen LogP contribution in [-0.4, -0.2) is 19.6 Å². The number of ether oxygens (including phenoxy) is 1. The van der Waals surface area contributed by atoms with E-state index in [0.29, 0.717) is 29.7 Å². The van der Waals surface area contributed by atoms with Gasteiger partial charge in [0, 0.05) is 24.0 Å². The summed E-state index contributed by atoms with van der Waals surface area (Å²) < 4.78 is 36.3. The van der Waals surface area contributed by atoms with Crippen LogP contribution in [0.25, 0.3) is 0 Å². The molecule has 0 saturated heterocycles. The van der Waals surface area contributed by atoms with Gasteiger partial charge in [0.15, 0.2) is 0 Å². The summed E-state index contributed by atoms with van der Waals surface area (Å²) in [6, 6.07) is 6.17. The van der Waals surface area contributed by atoms with Crippen LogP contribution >= 0.6 is 0 Å². The first kappa shape index (κ1) is 19.0. The van der Waals surface area contributed by atoms with Crippen molar-refractivity contribution < 1.29 is 13.2 Å². The van der Waals surface area contributed by atoms with Gasteiger partial charge in [-0.1, -0.05) is 0 Å². The highest BCUT2D eigenvalue weighted by atomic mass is 32.2. The Morgan fingerprint density at radius 1 is 1.12 bits per heavy atom. The normalized spacial score (nSPS) is 14.7. The molecule has 0 amide bonds. The van der Waals surface area contributed by atoms with Gasteiger partial charge in [-0.25, -0.2) is 13.1 Å². The number of sulfonamides is 1. The topological polar surface area (TPSA) is 60.3 Å². The third-order valence-corrected chi connectivity index (χ3v) is 6.56. The van der Waals surface area contributed by atoms with Gasteiger partial charge in [-0.15, -0.1) is 0 Å². The maximum atomic E-state index is 12.8. The summed E-state index contributed by atoms with van der Waals surface area (Å²) in [5, 5.41) is 0. The maximum absolute atomic E-state index is 12.8. The summed E-state index contributed by atoms with van der Waals surface area (Å²) in [6.45, 7) is 10.6. The van der Waals surface area contributed by atoms with Gasteiger partial charge in [-0.2, -0.15) is 0 Å². The van der Waals surface area contributed by atoms with E-state index >= 15 is 0 Å². The van der Waals surface area contributed by atoms with Crippen LogP contribution in [0, 0.1) is 27.7 Å². The average Bonchev–Trinajstić information content (AvgIpc) is 3.35. The van der Waals surface area contributed by atoms with Crippen LogP contribution < -0.4 is 9.46 Å². The largest absolute Gasteiger partial charge is 0.494 e. The number of aromatic nitrogens is 1. The van der Waals surface area contributed by atoms with Crippen molar-refractivity contribution in [3.63, 3.8) is 0 Å². The third kappa shape index (κ3) is 3.67. The van der Waals surface area contributed by atoms with E-state index in [1.165, 1.54) is 18.5 Å². The molecular weight excluding hydrogens is 348 g/mol. The summed E-state index contributed by atoms with van der Waals surface area (Å²) in [5.41, 5.74) is 4.91. The lowest BCUT2D eigenvalue weighted by atomic mass is 10.1. The van der Waals surface area contributed by atoms with Crippen LogP contribution in [0.4, 0.5) is 0 Å². The van der Waals surface area contributed by atoms with E-state index in [9.17, 15) is 8.42 Å². The maximum Gasteiger partial charge on any atom is 0.241 e. The van der Waals surface area contributed by atoms with E-state index in [2.05, 4.69) is 29.2 Å². The summed E-state index contributed by atoms with van der Waals surface area (Å²) >= 11 is 0. The van der Waals surface area contributed by atoms with Crippen LogP contribution in [0.5, 0.6) is 5.75 Å². The Bertz CT molecular complexity index is 925. The van der Waals surface area contributed by atoms with Gasteiger partial charge in [0.1, 0.15) is 5.75 Å². The monoisotopic (exact) mass is 376 g/mol. The van der Waals surface area contributed by atoms with Gasteiger partial charge in [-0.05, 0) is 82.3 Å². The molecule has 1 N–H and O–H groups in total. The number of aryl methyl sites for hydroxylation is 3. The molecular formula is C20H28N2O3S. The molecule has 1 saturated carbocycles. The van der Waals surface area contributed by atoms with Crippen LogP contribution in [0.15, 0.2) is 23.1 Å². The second-order valence-corrected chi connectivity index (χ2v) is 8.87. The van der Waals surface area contributed by atoms with Crippen molar-refractivity contribution in [1.29, 1.82) is 0 Å². The molecule has 1 heterocycles. The standard InChI is InChI=1S/C20H28N2O3S/c1-6-25-19-9-14(3)20(10-13(19)2)26(23,24)21-12-17-11-15(4)22(16(17)5)18-7-8-18/h9-11,18,21H,6-8,12H2,1-5H3. The molecule has 1 aliphatic rings. The highest BCUT2D eigenvalue weighted by molar-refractivity contribution is 7.89. The minimum Gasteiger partial charge on any atom is -0.494 e. The number of nitrogens with one attached hydrogen (secondary N) is 1. The second-order valence-electron chi connectivity index (χ2n) is 7.14. The molecule has 3 rings (SSSR count). The molecule has 0 radical (unpaired) electrons. The third-order valence-electron chi connectivity index (χ3n) is 5.02. The average molecular weight is 377 g/mol. The molecule has 6 heteroatoms. The first-order valence-corrected chi connectivity index (χ1v) is 10.6. The van der Waals surface area contributed by atoms with Crippen LogP contribution in [0.1, 0.15) is 53.9 Å². The molecule has 1 aromatic heterocycles. The van der Waals surface area contributed by atoms with Crippen LogP contribution in [0.3, 0.4) is 0 Å². The van der Waals surface area contributed by atoms with E-state index < -0.39 is 10.0 Å². The zero-order chi connectivity index (χ0) is 19.1. The lowest BCUT2D eigenvalue weighted by molar-refractivity contribution is 0.337. The Hall–Kier alpha value is -1.79. The Balaban J connectivity index is 1.82. The minimum absolute atomic E-state index is 0.306. The molecule has 26 heavy (non-hydrogen) atoms. The van der Waals surface area contributed by atoms with Crippen LogP contribution in [0.2, 0.25) is 0 Å². The zero-order valence-corrected chi connectivity index (χ0v) is 17.0. The molecule has 0 aliphatic heterocycles.